The maximum atomic E-state index is 13.0. The number of methoxy groups -OCH3 is 1. The molecule has 150 valence electrons. The Morgan fingerprint density at radius 2 is 1.97 bits per heavy atom. The molecule has 0 saturated heterocycles. The van der Waals surface area contributed by atoms with Crippen LogP contribution in [-0.2, 0) is 20.9 Å². The minimum absolute atomic E-state index is 0.0822. The number of hydrogen-bond donors (Lipinski definition) is 1. The van der Waals surface area contributed by atoms with E-state index in [1.807, 2.05) is 30.3 Å². The highest BCUT2D eigenvalue weighted by Crippen LogP contribution is 2.38. The number of carbonyl (C=O) groups is 2. The average Bonchev–Trinajstić information content (AvgIpc) is 3.19. The van der Waals surface area contributed by atoms with E-state index in [4.69, 9.17) is 18.9 Å². The summed E-state index contributed by atoms with van der Waals surface area (Å²) in [7, 11) is 1.57. The Kier molecular flexibility index (Phi) is 5.12. The number of ether oxygens (including phenoxy) is 4. The van der Waals surface area contributed by atoms with Gasteiger partial charge in [-0.05, 0) is 30.7 Å². The zero-order valence-electron chi connectivity index (χ0n) is 16.2. The molecular weight excluding hydrogens is 374 g/mol. The standard InChI is InChI=1S/C22H21NO6/c1-13-21(16(10-20(24)23-13)15-5-3-4-6-17(15)26-2)22(25)27-11-14-7-8-18-19(9-14)29-12-28-18/h3-9,16H,10-12H2,1-2H3,(H,23,24)/t16-/m0/s1. The number of rotatable bonds is 5. The number of benzene rings is 2. The smallest absolute Gasteiger partial charge is 0.336 e. The van der Waals surface area contributed by atoms with Gasteiger partial charge in [0.25, 0.3) is 0 Å². The number of allylic oxidation sites excluding steroid dienone is 1. The monoisotopic (exact) mass is 395 g/mol. The van der Waals surface area contributed by atoms with Crippen LogP contribution in [0, 0.1) is 0 Å². The van der Waals surface area contributed by atoms with Crippen molar-refractivity contribution in [2.45, 2.75) is 25.9 Å². The average molecular weight is 395 g/mol. The van der Waals surface area contributed by atoms with E-state index in [9.17, 15) is 9.59 Å². The third-order valence-corrected chi connectivity index (χ3v) is 5.01. The molecule has 0 bridgehead atoms. The van der Waals surface area contributed by atoms with E-state index in [1.165, 1.54) is 0 Å². The molecule has 0 saturated carbocycles. The van der Waals surface area contributed by atoms with Crippen LogP contribution in [0.3, 0.4) is 0 Å². The van der Waals surface area contributed by atoms with Gasteiger partial charge >= 0.3 is 5.97 Å². The van der Waals surface area contributed by atoms with Crippen LogP contribution in [0.1, 0.15) is 30.4 Å². The second kappa shape index (κ2) is 7.87. The molecule has 2 aromatic carbocycles. The van der Waals surface area contributed by atoms with Crippen LogP contribution in [0.4, 0.5) is 0 Å². The zero-order valence-corrected chi connectivity index (χ0v) is 16.2. The van der Waals surface area contributed by atoms with Gasteiger partial charge in [-0.2, -0.15) is 0 Å². The fourth-order valence-electron chi connectivity index (χ4n) is 3.65. The van der Waals surface area contributed by atoms with Crippen LogP contribution in [-0.4, -0.2) is 25.8 Å². The first-order chi connectivity index (χ1) is 14.1. The van der Waals surface area contributed by atoms with Gasteiger partial charge in [-0.15, -0.1) is 0 Å². The number of fused-ring (bicyclic) bond motifs is 1. The summed E-state index contributed by atoms with van der Waals surface area (Å²) in [5, 5.41) is 2.74. The van der Waals surface area contributed by atoms with E-state index in [2.05, 4.69) is 5.32 Å². The van der Waals surface area contributed by atoms with Gasteiger partial charge in [0.2, 0.25) is 12.7 Å². The topological polar surface area (TPSA) is 83.1 Å². The summed E-state index contributed by atoms with van der Waals surface area (Å²) >= 11 is 0. The summed E-state index contributed by atoms with van der Waals surface area (Å²) in [6.07, 6.45) is 0.145. The van der Waals surface area contributed by atoms with E-state index in [0.29, 0.717) is 28.5 Å². The van der Waals surface area contributed by atoms with Crippen LogP contribution in [0.5, 0.6) is 17.2 Å². The van der Waals surface area contributed by atoms with E-state index < -0.39 is 11.9 Å². The van der Waals surface area contributed by atoms with Crippen molar-refractivity contribution in [3.05, 3.63) is 64.9 Å². The molecule has 1 N–H and O–H groups in total. The van der Waals surface area contributed by atoms with E-state index in [-0.39, 0.29) is 25.7 Å². The lowest BCUT2D eigenvalue weighted by molar-refractivity contribution is -0.141. The number of hydrogen-bond acceptors (Lipinski definition) is 6. The van der Waals surface area contributed by atoms with Crippen LogP contribution in [0.15, 0.2) is 53.7 Å². The summed E-state index contributed by atoms with van der Waals surface area (Å²) in [5.41, 5.74) is 2.48. The van der Waals surface area contributed by atoms with E-state index >= 15 is 0 Å². The molecule has 2 heterocycles. The molecule has 29 heavy (non-hydrogen) atoms. The van der Waals surface area contributed by atoms with E-state index in [1.54, 1.807) is 26.2 Å². The normalized spacial score (nSPS) is 17.7. The van der Waals surface area contributed by atoms with Crippen molar-refractivity contribution in [3.63, 3.8) is 0 Å². The Morgan fingerprint density at radius 1 is 1.17 bits per heavy atom. The SMILES string of the molecule is COc1ccccc1[C@@H]1CC(=O)NC(C)=C1C(=O)OCc1ccc2c(c1)OCO2. The first kappa shape index (κ1) is 18.9. The number of amides is 1. The molecule has 7 nitrogen and oxygen atoms in total. The molecule has 1 atom stereocenters. The predicted molar refractivity (Wildman–Crippen MR) is 104 cm³/mol. The highest BCUT2D eigenvalue weighted by molar-refractivity contribution is 5.96. The Balaban J connectivity index is 1.57. The second-order valence-corrected chi connectivity index (χ2v) is 6.85. The fraction of sp³-hybridized carbons (Fsp3) is 0.273. The molecule has 0 aromatic heterocycles. The molecule has 4 rings (SSSR count). The Hall–Kier alpha value is -3.48. The van der Waals surface area contributed by atoms with Gasteiger partial charge in [0.15, 0.2) is 11.5 Å². The van der Waals surface area contributed by atoms with Crippen molar-refractivity contribution < 1.29 is 28.5 Å². The molecule has 7 heteroatoms. The highest BCUT2D eigenvalue weighted by Gasteiger charge is 2.34. The van der Waals surface area contributed by atoms with Crippen LogP contribution >= 0.6 is 0 Å². The minimum atomic E-state index is -0.476. The van der Waals surface area contributed by atoms with Gasteiger partial charge in [-0.3, -0.25) is 4.79 Å². The van der Waals surface area contributed by atoms with Crippen molar-refractivity contribution in [2.75, 3.05) is 13.9 Å². The van der Waals surface area contributed by atoms with Crippen molar-refractivity contribution in [1.29, 1.82) is 0 Å². The third-order valence-electron chi connectivity index (χ3n) is 5.01. The van der Waals surface area contributed by atoms with E-state index in [0.717, 1.165) is 11.1 Å². The van der Waals surface area contributed by atoms with Crippen molar-refractivity contribution in [1.82, 2.24) is 5.32 Å². The summed E-state index contributed by atoms with van der Waals surface area (Å²) in [6.45, 7) is 1.97. The lowest BCUT2D eigenvalue weighted by atomic mass is 9.84. The third kappa shape index (κ3) is 3.76. The van der Waals surface area contributed by atoms with Gasteiger partial charge in [0.1, 0.15) is 12.4 Å². The first-order valence-electron chi connectivity index (χ1n) is 9.26. The van der Waals surface area contributed by atoms with Gasteiger partial charge in [0.05, 0.1) is 12.7 Å². The molecule has 1 amide bonds. The number of nitrogens with one attached hydrogen (secondary N) is 1. The first-order valence-corrected chi connectivity index (χ1v) is 9.26. The Labute approximate surface area is 168 Å². The molecule has 2 aliphatic heterocycles. The van der Waals surface area contributed by atoms with Gasteiger partial charge in [-0.1, -0.05) is 24.3 Å². The van der Waals surface area contributed by atoms with Crippen LogP contribution in [0.25, 0.3) is 0 Å². The lowest BCUT2D eigenvalue weighted by Gasteiger charge is -2.27. The van der Waals surface area contributed by atoms with Crippen molar-refractivity contribution in [3.8, 4) is 17.2 Å². The maximum absolute atomic E-state index is 13.0. The molecule has 0 fully saturated rings. The second-order valence-electron chi connectivity index (χ2n) is 6.85. The summed E-state index contributed by atoms with van der Waals surface area (Å²) < 4.78 is 21.7. The number of carbonyl (C=O) groups excluding carboxylic acids is 2. The van der Waals surface area contributed by atoms with Crippen LogP contribution < -0.4 is 19.5 Å². The fourth-order valence-corrected chi connectivity index (χ4v) is 3.65. The molecule has 2 aliphatic rings. The highest BCUT2D eigenvalue weighted by atomic mass is 16.7. The number of esters is 1. The Morgan fingerprint density at radius 3 is 2.79 bits per heavy atom. The molecule has 0 radical (unpaired) electrons. The predicted octanol–water partition coefficient (Wildman–Crippen LogP) is 3.04. The lowest BCUT2D eigenvalue weighted by Crippen LogP contribution is -2.34. The van der Waals surface area contributed by atoms with Gasteiger partial charge in [0, 0.05) is 23.6 Å². The minimum Gasteiger partial charge on any atom is -0.496 e. The molecule has 0 aliphatic carbocycles. The Bertz CT molecular complexity index is 997. The quantitative estimate of drug-likeness (QED) is 0.784. The molecule has 0 spiro atoms. The zero-order chi connectivity index (χ0) is 20.4. The summed E-state index contributed by atoms with van der Waals surface area (Å²) in [4.78, 5) is 25.1. The van der Waals surface area contributed by atoms with Gasteiger partial charge < -0.3 is 24.3 Å². The summed E-state index contributed by atoms with van der Waals surface area (Å²) in [6, 6.07) is 12.8. The molecule has 0 unspecified atom stereocenters. The maximum Gasteiger partial charge on any atom is 0.336 e. The van der Waals surface area contributed by atoms with Crippen molar-refractivity contribution in [2.24, 2.45) is 0 Å². The van der Waals surface area contributed by atoms with Gasteiger partial charge in [-0.25, -0.2) is 4.79 Å². The van der Waals surface area contributed by atoms with Crippen molar-refractivity contribution >= 4 is 11.9 Å². The van der Waals surface area contributed by atoms with Crippen LogP contribution in [0.2, 0.25) is 0 Å². The number of para-hydroxylation sites is 1. The largest absolute Gasteiger partial charge is 0.496 e. The molecular formula is C22H21NO6. The molecule has 2 aromatic rings. The summed E-state index contributed by atoms with van der Waals surface area (Å²) in [5.74, 6) is 0.864.